The summed E-state index contributed by atoms with van der Waals surface area (Å²) in [6, 6.07) is 6.62. The normalized spacial score (nSPS) is 13.7. The summed E-state index contributed by atoms with van der Waals surface area (Å²) in [5.41, 5.74) is 0.714. The molecule has 90 valence electrons. The predicted molar refractivity (Wildman–Crippen MR) is 63.9 cm³/mol. The maximum absolute atomic E-state index is 11.4. The zero-order chi connectivity index (χ0) is 12.2. The third-order valence-electron chi connectivity index (χ3n) is 2.09. The Balaban J connectivity index is 2.81. The van der Waals surface area contributed by atoms with Crippen molar-refractivity contribution in [3.63, 3.8) is 0 Å². The molecule has 1 aromatic rings. The van der Waals surface area contributed by atoms with Gasteiger partial charge < -0.3 is 5.11 Å². The molecule has 0 aliphatic heterocycles. The number of sulfonamides is 1. The van der Waals surface area contributed by atoms with E-state index in [4.69, 9.17) is 16.7 Å². The molecule has 2 N–H and O–H groups in total. The molecule has 1 unspecified atom stereocenters. The van der Waals surface area contributed by atoms with E-state index in [-0.39, 0.29) is 5.75 Å². The molecular weight excluding hydrogens is 250 g/mol. The maximum Gasteiger partial charge on any atom is 0.214 e. The number of nitrogens with one attached hydrogen (secondary N) is 1. The van der Waals surface area contributed by atoms with Crippen LogP contribution in [0.15, 0.2) is 24.3 Å². The van der Waals surface area contributed by atoms with E-state index in [0.29, 0.717) is 10.6 Å². The van der Waals surface area contributed by atoms with E-state index >= 15 is 0 Å². The quantitative estimate of drug-likeness (QED) is 0.842. The molecule has 1 atom stereocenters. The van der Waals surface area contributed by atoms with Crippen LogP contribution in [0.3, 0.4) is 0 Å². The van der Waals surface area contributed by atoms with Crippen molar-refractivity contribution >= 4 is 21.6 Å². The Morgan fingerprint density at radius 3 is 2.62 bits per heavy atom. The lowest BCUT2D eigenvalue weighted by molar-refractivity contribution is 0.319. The zero-order valence-electron chi connectivity index (χ0n) is 8.85. The van der Waals surface area contributed by atoms with Crippen LogP contribution in [0.25, 0.3) is 0 Å². The molecule has 4 nitrogen and oxygen atoms in total. The van der Waals surface area contributed by atoms with Gasteiger partial charge in [-0.2, -0.15) is 0 Å². The highest BCUT2D eigenvalue weighted by Gasteiger charge is 2.16. The van der Waals surface area contributed by atoms with Crippen LogP contribution in [0.4, 0.5) is 0 Å². The van der Waals surface area contributed by atoms with Crippen LogP contribution in [0, 0.1) is 0 Å². The Labute approximate surface area is 100 Å². The van der Waals surface area contributed by atoms with E-state index in [9.17, 15) is 8.42 Å². The van der Waals surface area contributed by atoms with Gasteiger partial charge in [0.25, 0.3) is 0 Å². The number of aliphatic hydroxyl groups excluding tert-OH is 1. The van der Waals surface area contributed by atoms with Crippen molar-refractivity contribution in [1.29, 1.82) is 0 Å². The summed E-state index contributed by atoms with van der Waals surface area (Å²) in [5, 5.41) is 9.11. The molecule has 0 aliphatic rings. The van der Waals surface area contributed by atoms with Crippen LogP contribution in [0.2, 0.25) is 5.02 Å². The first-order valence-electron chi connectivity index (χ1n) is 4.81. The van der Waals surface area contributed by atoms with Crippen molar-refractivity contribution in [3.8, 4) is 0 Å². The lowest BCUT2D eigenvalue weighted by Gasteiger charge is -2.15. The second-order valence-electron chi connectivity index (χ2n) is 3.40. The van der Waals surface area contributed by atoms with Crippen LogP contribution in [0.1, 0.15) is 18.5 Å². The highest BCUT2D eigenvalue weighted by atomic mass is 35.5. The highest BCUT2D eigenvalue weighted by Crippen LogP contribution is 2.22. The zero-order valence-corrected chi connectivity index (χ0v) is 10.4. The van der Waals surface area contributed by atoms with E-state index in [1.165, 1.54) is 0 Å². The standard InChI is InChI=1S/C10H14ClNO3S/c1-8(12-16(14,15)7-6-13)9-4-2-3-5-10(9)11/h2-5,8,12-13H,6-7H2,1H3. The molecule has 0 bridgehead atoms. The van der Waals surface area contributed by atoms with Gasteiger partial charge in [-0.3, -0.25) is 0 Å². The first kappa shape index (κ1) is 13.4. The second-order valence-corrected chi connectivity index (χ2v) is 5.68. The monoisotopic (exact) mass is 263 g/mol. The molecule has 0 fully saturated rings. The van der Waals surface area contributed by atoms with Gasteiger partial charge in [-0.1, -0.05) is 29.8 Å². The SMILES string of the molecule is CC(NS(=O)(=O)CCO)c1ccccc1Cl. The van der Waals surface area contributed by atoms with Gasteiger partial charge in [-0.05, 0) is 18.6 Å². The van der Waals surface area contributed by atoms with Crippen LogP contribution < -0.4 is 4.72 Å². The lowest BCUT2D eigenvalue weighted by atomic mass is 10.1. The minimum atomic E-state index is -3.45. The topological polar surface area (TPSA) is 66.4 Å². The van der Waals surface area contributed by atoms with Gasteiger partial charge in [0.05, 0.1) is 12.4 Å². The van der Waals surface area contributed by atoms with Gasteiger partial charge in [0, 0.05) is 11.1 Å². The summed E-state index contributed by atoms with van der Waals surface area (Å²) < 4.78 is 25.3. The molecule has 6 heteroatoms. The smallest absolute Gasteiger partial charge is 0.214 e. The predicted octanol–water partition coefficient (Wildman–Crippen LogP) is 1.31. The van der Waals surface area contributed by atoms with E-state index in [0.717, 1.165) is 0 Å². The maximum atomic E-state index is 11.4. The van der Waals surface area contributed by atoms with Crippen molar-refractivity contribution < 1.29 is 13.5 Å². The van der Waals surface area contributed by atoms with Crippen molar-refractivity contribution in [2.24, 2.45) is 0 Å². The van der Waals surface area contributed by atoms with Crippen LogP contribution in [0.5, 0.6) is 0 Å². The van der Waals surface area contributed by atoms with Gasteiger partial charge >= 0.3 is 0 Å². The lowest BCUT2D eigenvalue weighted by Crippen LogP contribution is -2.30. The summed E-state index contributed by atoms with van der Waals surface area (Å²) in [7, 11) is -3.45. The number of hydrogen-bond acceptors (Lipinski definition) is 3. The van der Waals surface area contributed by atoms with Gasteiger partial charge in [0.2, 0.25) is 10.0 Å². The molecule has 0 amide bonds. The molecule has 16 heavy (non-hydrogen) atoms. The molecular formula is C10H14ClNO3S. The summed E-state index contributed by atoms with van der Waals surface area (Å²) in [6.07, 6.45) is 0. The average Bonchev–Trinajstić information content (AvgIpc) is 2.17. The summed E-state index contributed by atoms with van der Waals surface area (Å²) >= 11 is 5.94. The largest absolute Gasteiger partial charge is 0.395 e. The number of aliphatic hydroxyl groups is 1. The molecule has 0 aliphatic carbocycles. The minimum absolute atomic E-state index is 0.304. The van der Waals surface area contributed by atoms with E-state index in [1.54, 1.807) is 31.2 Å². The van der Waals surface area contributed by atoms with Gasteiger partial charge in [-0.15, -0.1) is 0 Å². The third kappa shape index (κ3) is 3.75. The van der Waals surface area contributed by atoms with Gasteiger partial charge in [0.1, 0.15) is 0 Å². The molecule has 0 aromatic heterocycles. The summed E-state index contributed by atoms with van der Waals surface area (Å²) in [4.78, 5) is 0. The molecule has 0 saturated carbocycles. The Bertz CT molecular complexity index is 447. The van der Waals surface area contributed by atoms with E-state index < -0.39 is 22.7 Å². The summed E-state index contributed by atoms with van der Waals surface area (Å²) in [6.45, 7) is 1.31. The molecule has 0 saturated heterocycles. The molecule has 0 heterocycles. The first-order chi connectivity index (χ1) is 7.46. The van der Waals surface area contributed by atoms with Crippen molar-refractivity contribution in [2.45, 2.75) is 13.0 Å². The molecule has 0 radical (unpaired) electrons. The number of benzene rings is 1. The Morgan fingerprint density at radius 1 is 1.44 bits per heavy atom. The first-order valence-corrected chi connectivity index (χ1v) is 6.84. The second kappa shape index (κ2) is 5.63. The highest BCUT2D eigenvalue weighted by molar-refractivity contribution is 7.89. The fourth-order valence-electron chi connectivity index (χ4n) is 1.34. The number of rotatable bonds is 5. The Morgan fingerprint density at radius 2 is 2.06 bits per heavy atom. The summed E-state index contributed by atoms with van der Waals surface area (Å²) in [5.74, 6) is -0.304. The Hall–Kier alpha value is -0.620. The number of hydrogen-bond donors (Lipinski definition) is 2. The van der Waals surface area contributed by atoms with Gasteiger partial charge in [0.15, 0.2) is 0 Å². The molecule has 0 spiro atoms. The van der Waals surface area contributed by atoms with Crippen LogP contribution in [-0.4, -0.2) is 25.9 Å². The fraction of sp³-hybridized carbons (Fsp3) is 0.400. The minimum Gasteiger partial charge on any atom is -0.395 e. The fourth-order valence-corrected chi connectivity index (χ4v) is 2.66. The van der Waals surface area contributed by atoms with Gasteiger partial charge in [-0.25, -0.2) is 13.1 Å². The van der Waals surface area contributed by atoms with Crippen LogP contribution >= 0.6 is 11.6 Å². The average molecular weight is 264 g/mol. The van der Waals surface area contributed by atoms with Crippen molar-refractivity contribution in [3.05, 3.63) is 34.9 Å². The molecule has 1 rings (SSSR count). The molecule has 1 aromatic carbocycles. The van der Waals surface area contributed by atoms with Crippen molar-refractivity contribution in [1.82, 2.24) is 4.72 Å². The van der Waals surface area contributed by atoms with E-state index in [2.05, 4.69) is 4.72 Å². The Kier molecular flexibility index (Phi) is 4.73. The van der Waals surface area contributed by atoms with Crippen LogP contribution in [-0.2, 0) is 10.0 Å². The van der Waals surface area contributed by atoms with Crippen molar-refractivity contribution in [2.75, 3.05) is 12.4 Å². The van der Waals surface area contributed by atoms with E-state index in [1.807, 2.05) is 0 Å². The third-order valence-corrected chi connectivity index (χ3v) is 3.86. The number of halogens is 1.